The van der Waals surface area contributed by atoms with Crippen molar-refractivity contribution in [1.29, 1.82) is 0 Å². The molecule has 1 aromatic rings. The number of nitrogens with one attached hydrogen (secondary N) is 1. The molecule has 2 fully saturated rings. The van der Waals surface area contributed by atoms with Gasteiger partial charge in [-0.2, -0.15) is 0 Å². The van der Waals surface area contributed by atoms with Crippen LogP contribution in [0.15, 0.2) is 24.3 Å². The molecule has 2 aliphatic rings. The molecule has 1 atom stereocenters. The number of rotatable bonds is 4. The van der Waals surface area contributed by atoms with E-state index in [1.54, 1.807) is 0 Å². The first-order chi connectivity index (χ1) is 11.6. The fraction of sp³-hybridized carbons (Fsp3) is 0.632. The number of piperidine rings is 1. The average molecular weight is 332 g/mol. The highest BCUT2D eigenvalue weighted by atomic mass is 16.7. The lowest BCUT2D eigenvalue weighted by molar-refractivity contribution is -0.189. The second-order valence-corrected chi connectivity index (χ2v) is 6.97. The Kier molecular flexibility index (Phi) is 5.41. The first-order valence-electron chi connectivity index (χ1n) is 8.93. The normalized spacial score (nSPS) is 23.2. The summed E-state index contributed by atoms with van der Waals surface area (Å²) in [5.74, 6) is -0.281. The zero-order chi connectivity index (χ0) is 17.0. The molecular formula is C19H28N2O3. The summed E-state index contributed by atoms with van der Waals surface area (Å²) >= 11 is 0. The Morgan fingerprint density at radius 1 is 1.38 bits per heavy atom. The predicted molar refractivity (Wildman–Crippen MR) is 92.9 cm³/mol. The SMILES string of the molecule is Cc1cccc(CCNC(=O)N2CCC[C@H](C3(C)OCCO3)C2)c1. The molecule has 2 heterocycles. The largest absolute Gasteiger partial charge is 0.347 e. The number of benzene rings is 1. The number of nitrogens with zero attached hydrogens (tertiary/aromatic N) is 1. The number of amides is 2. The molecule has 132 valence electrons. The minimum atomic E-state index is -0.527. The Labute approximate surface area is 144 Å². The summed E-state index contributed by atoms with van der Waals surface area (Å²) in [6.45, 7) is 7.56. The fourth-order valence-electron chi connectivity index (χ4n) is 3.65. The summed E-state index contributed by atoms with van der Waals surface area (Å²) < 4.78 is 11.6. The molecule has 0 bridgehead atoms. The highest BCUT2D eigenvalue weighted by Gasteiger charge is 2.42. The molecule has 0 saturated carbocycles. The van der Waals surface area contributed by atoms with Gasteiger partial charge in [0, 0.05) is 25.6 Å². The van der Waals surface area contributed by atoms with Gasteiger partial charge in [0.25, 0.3) is 0 Å². The Hall–Kier alpha value is -1.59. The van der Waals surface area contributed by atoms with Gasteiger partial charge in [-0.25, -0.2) is 4.79 Å². The van der Waals surface area contributed by atoms with Crippen LogP contribution in [0, 0.1) is 12.8 Å². The van der Waals surface area contributed by atoms with E-state index in [0.717, 1.165) is 25.8 Å². The smallest absolute Gasteiger partial charge is 0.317 e. The highest BCUT2D eigenvalue weighted by Crippen LogP contribution is 2.34. The maximum Gasteiger partial charge on any atom is 0.317 e. The van der Waals surface area contributed by atoms with Gasteiger partial charge in [0.2, 0.25) is 0 Å². The average Bonchev–Trinajstić information content (AvgIpc) is 3.03. The maximum absolute atomic E-state index is 12.5. The van der Waals surface area contributed by atoms with E-state index in [2.05, 4.69) is 36.5 Å². The van der Waals surface area contributed by atoms with Crippen LogP contribution in [0.4, 0.5) is 4.79 Å². The third-order valence-electron chi connectivity index (χ3n) is 5.08. The quantitative estimate of drug-likeness (QED) is 0.922. The van der Waals surface area contributed by atoms with E-state index in [4.69, 9.17) is 9.47 Å². The molecule has 0 unspecified atom stereocenters. The van der Waals surface area contributed by atoms with E-state index in [-0.39, 0.29) is 11.9 Å². The van der Waals surface area contributed by atoms with Crippen LogP contribution < -0.4 is 5.32 Å². The number of carbonyl (C=O) groups is 1. The van der Waals surface area contributed by atoms with Gasteiger partial charge in [-0.3, -0.25) is 0 Å². The number of ether oxygens (including phenoxy) is 2. The van der Waals surface area contributed by atoms with Crippen LogP contribution in [-0.2, 0) is 15.9 Å². The van der Waals surface area contributed by atoms with Gasteiger partial charge in [-0.15, -0.1) is 0 Å². The molecule has 0 aliphatic carbocycles. The van der Waals surface area contributed by atoms with Crippen LogP contribution in [0.3, 0.4) is 0 Å². The number of hydrogen-bond acceptors (Lipinski definition) is 3. The summed E-state index contributed by atoms with van der Waals surface area (Å²) in [6, 6.07) is 8.44. The summed E-state index contributed by atoms with van der Waals surface area (Å²) in [7, 11) is 0. The molecule has 0 spiro atoms. The second-order valence-electron chi connectivity index (χ2n) is 6.97. The Morgan fingerprint density at radius 2 is 2.17 bits per heavy atom. The van der Waals surface area contributed by atoms with Gasteiger partial charge in [-0.1, -0.05) is 29.8 Å². The first-order valence-corrected chi connectivity index (χ1v) is 8.93. The molecule has 3 rings (SSSR count). The van der Waals surface area contributed by atoms with E-state index in [1.165, 1.54) is 11.1 Å². The maximum atomic E-state index is 12.5. The lowest BCUT2D eigenvalue weighted by atomic mass is 9.90. The fourth-order valence-corrected chi connectivity index (χ4v) is 3.65. The van der Waals surface area contributed by atoms with Crippen LogP contribution in [-0.4, -0.2) is 49.6 Å². The van der Waals surface area contributed by atoms with Gasteiger partial charge in [0.1, 0.15) is 0 Å². The van der Waals surface area contributed by atoms with Crippen LogP contribution >= 0.6 is 0 Å². The van der Waals surface area contributed by atoms with Crippen molar-refractivity contribution in [3.05, 3.63) is 35.4 Å². The zero-order valence-electron chi connectivity index (χ0n) is 14.7. The lowest BCUT2D eigenvalue weighted by Gasteiger charge is -2.39. The first kappa shape index (κ1) is 17.2. The molecule has 0 aromatic heterocycles. The molecule has 0 radical (unpaired) electrons. The van der Waals surface area contributed by atoms with Crippen molar-refractivity contribution in [3.8, 4) is 0 Å². The van der Waals surface area contributed by atoms with E-state index >= 15 is 0 Å². The number of hydrogen-bond donors (Lipinski definition) is 1. The van der Waals surface area contributed by atoms with Crippen molar-refractivity contribution >= 4 is 6.03 Å². The molecule has 5 heteroatoms. The number of urea groups is 1. The highest BCUT2D eigenvalue weighted by molar-refractivity contribution is 5.74. The van der Waals surface area contributed by atoms with Crippen molar-refractivity contribution < 1.29 is 14.3 Å². The summed E-state index contributed by atoms with van der Waals surface area (Å²) in [5, 5.41) is 3.05. The van der Waals surface area contributed by atoms with Gasteiger partial charge in [0.05, 0.1) is 13.2 Å². The van der Waals surface area contributed by atoms with E-state index < -0.39 is 5.79 Å². The van der Waals surface area contributed by atoms with Gasteiger partial charge in [0.15, 0.2) is 5.79 Å². The van der Waals surface area contributed by atoms with Crippen molar-refractivity contribution in [3.63, 3.8) is 0 Å². The molecule has 5 nitrogen and oxygen atoms in total. The third-order valence-corrected chi connectivity index (χ3v) is 5.08. The minimum absolute atomic E-state index is 0.0222. The minimum Gasteiger partial charge on any atom is -0.347 e. The number of likely N-dealkylation sites (tertiary alicyclic amines) is 1. The van der Waals surface area contributed by atoms with Crippen LogP contribution in [0.2, 0.25) is 0 Å². The molecule has 24 heavy (non-hydrogen) atoms. The summed E-state index contributed by atoms with van der Waals surface area (Å²) in [5.41, 5.74) is 2.51. The van der Waals surface area contributed by atoms with E-state index in [0.29, 0.717) is 26.3 Å². The molecular weight excluding hydrogens is 304 g/mol. The Bertz CT molecular complexity index is 569. The topological polar surface area (TPSA) is 50.8 Å². The zero-order valence-corrected chi connectivity index (χ0v) is 14.7. The third kappa shape index (κ3) is 4.08. The second kappa shape index (κ2) is 7.53. The standard InChI is InChI=1S/C19H28N2O3/c1-15-5-3-6-16(13-15)8-9-20-18(22)21-10-4-7-17(14-21)19(2)23-11-12-24-19/h3,5-6,13,17H,4,7-12,14H2,1-2H3,(H,20,22)/t17-/m0/s1. The Morgan fingerprint density at radius 3 is 2.92 bits per heavy atom. The Balaban J connectivity index is 1.47. The van der Waals surface area contributed by atoms with E-state index in [9.17, 15) is 4.79 Å². The number of aryl methyl sites for hydroxylation is 1. The van der Waals surface area contributed by atoms with Crippen molar-refractivity contribution in [1.82, 2.24) is 10.2 Å². The van der Waals surface area contributed by atoms with Crippen molar-refractivity contribution in [2.45, 2.75) is 38.9 Å². The van der Waals surface area contributed by atoms with Crippen LogP contribution in [0.25, 0.3) is 0 Å². The monoisotopic (exact) mass is 332 g/mol. The molecule has 2 saturated heterocycles. The van der Waals surface area contributed by atoms with Crippen LogP contribution in [0.1, 0.15) is 30.9 Å². The predicted octanol–water partition coefficient (Wildman–Crippen LogP) is 2.72. The van der Waals surface area contributed by atoms with Crippen molar-refractivity contribution in [2.75, 3.05) is 32.8 Å². The van der Waals surface area contributed by atoms with Gasteiger partial charge < -0.3 is 19.7 Å². The molecule has 1 aromatic carbocycles. The number of carbonyl (C=O) groups excluding carboxylic acids is 1. The van der Waals surface area contributed by atoms with Gasteiger partial charge >= 0.3 is 6.03 Å². The molecule has 2 amide bonds. The van der Waals surface area contributed by atoms with Gasteiger partial charge in [-0.05, 0) is 38.7 Å². The summed E-state index contributed by atoms with van der Waals surface area (Å²) in [6.07, 6.45) is 2.90. The molecule has 1 N–H and O–H groups in total. The van der Waals surface area contributed by atoms with Crippen LogP contribution in [0.5, 0.6) is 0 Å². The molecule has 2 aliphatic heterocycles. The van der Waals surface area contributed by atoms with E-state index in [1.807, 2.05) is 11.8 Å². The van der Waals surface area contributed by atoms with Crippen molar-refractivity contribution in [2.24, 2.45) is 5.92 Å². The lowest BCUT2D eigenvalue weighted by Crippen LogP contribution is -2.51. The summed E-state index contributed by atoms with van der Waals surface area (Å²) in [4.78, 5) is 14.4.